The molecule has 2 atom stereocenters. The van der Waals surface area contributed by atoms with Crippen LogP contribution in [0, 0.1) is 35.5 Å². The summed E-state index contributed by atoms with van der Waals surface area (Å²) in [4.78, 5) is 24.0. The maximum absolute atomic E-state index is 12.0. The fraction of sp³-hybridized carbons (Fsp3) is 0.727. The van der Waals surface area contributed by atoms with Crippen LogP contribution in [0.5, 0.6) is 0 Å². The summed E-state index contributed by atoms with van der Waals surface area (Å²) in [6, 6.07) is 0. The lowest BCUT2D eigenvalue weighted by molar-refractivity contribution is -0.154. The Morgan fingerprint density at radius 2 is 1.08 bits per heavy atom. The molecule has 0 spiro atoms. The van der Waals surface area contributed by atoms with E-state index in [-0.39, 0.29) is 12.8 Å². The van der Waals surface area contributed by atoms with Crippen LogP contribution in [0.3, 0.4) is 0 Å². The van der Waals surface area contributed by atoms with Crippen molar-refractivity contribution < 1.29 is 19.1 Å². The Hall–Kier alpha value is -1.94. The van der Waals surface area contributed by atoms with E-state index in [1.54, 1.807) is 0 Å². The lowest BCUT2D eigenvalue weighted by Gasteiger charge is -2.16. The number of hydrogen-bond donors (Lipinski definition) is 0. The molecule has 0 aliphatic rings. The van der Waals surface area contributed by atoms with E-state index < -0.39 is 24.1 Å². The first-order chi connectivity index (χ1) is 12.3. The smallest absolute Gasteiger partial charge is 0.307 e. The minimum absolute atomic E-state index is 0.00314. The van der Waals surface area contributed by atoms with Gasteiger partial charge in [0.2, 0.25) is 0 Å². The molecule has 0 aromatic heterocycles. The molecule has 0 rings (SSSR count). The van der Waals surface area contributed by atoms with Gasteiger partial charge in [0.1, 0.15) is 0 Å². The normalized spacial score (nSPS) is 12.5. The molecule has 0 fully saturated rings. The summed E-state index contributed by atoms with van der Waals surface area (Å²) in [5.74, 6) is 11.8. The van der Waals surface area contributed by atoms with Crippen molar-refractivity contribution in [1.82, 2.24) is 0 Å². The zero-order chi connectivity index (χ0) is 19.9. The molecule has 0 aliphatic carbocycles. The molecule has 0 radical (unpaired) electrons. The van der Waals surface area contributed by atoms with Crippen molar-refractivity contribution in [2.45, 2.75) is 92.3 Å². The quantitative estimate of drug-likeness (QED) is 0.447. The van der Waals surface area contributed by atoms with Gasteiger partial charge in [-0.25, -0.2) is 0 Å². The number of ether oxygens (including phenoxy) is 2. The van der Waals surface area contributed by atoms with Crippen molar-refractivity contribution in [3.8, 4) is 23.7 Å². The van der Waals surface area contributed by atoms with Gasteiger partial charge in [-0.05, 0) is 24.7 Å². The average Bonchev–Trinajstić information content (AvgIpc) is 2.54. The van der Waals surface area contributed by atoms with Crippen LogP contribution in [0.25, 0.3) is 0 Å². The lowest BCUT2D eigenvalue weighted by atomic mass is 10.1. The second-order valence-corrected chi connectivity index (χ2v) is 7.07. The van der Waals surface area contributed by atoms with Gasteiger partial charge in [0.05, 0.1) is 12.8 Å². The Balaban J connectivity index is 4.51. The molecule has 0 bridgehead atoms. The molecule has 4 nitrogen and oxygen atoms in total. The van der Waals surface area contributed by atoms with Crippen molar-refractivity contribution in [3.05, 3.63) is 0 Å². The topological polar surface area (TPSA) is 52.6 Å². The van der Waals surface area contributed by atoms with Gasteiger partial charge in [0.25, 0.3) is 0 Å². The van der Waals surface area contributed by atoms with Gasteiger partial charge in [-0.1, -0.05) is 65.2 Å². The van der Waals surface area contributed by atoms with Crippen LogP contribution in [0.2, 0.25) is 0 Å². The predicted molar refractivity (Wildman–Crippen MR) is 104 cm³/mol. The van der Waals surface area contributed by atoms with Crippen molar-refractivity contribution >= 4 is 11.9 Å². The van der Waals surface area contributed by atoms with Crippen molar-refractivity contribution in [1.29, 1.82) is 0 Å². The Morgan fingerprint density at radius 1 is 0.731 bits per heavy atom. The van der Waals surface area contributed by atoms with E-state index in [2.05, 4.69) is 51.4 Å². The first-order valence-corrected chi connectivity index (χ1v) is 9.64. The molecule has 0 amide bonds. The maximum atomic E-state index is 12.0. The number of carbonyl (C=O) groups excluding carboxylic acids is 2. The molecule has 0 aliphatic heterocycles. The Kier molecular flexibility index (Phi) is 13.2. The standard InChI is InChI=1S/C22H34O4/c1-7-9-11-19(15-17(3)4)25-21(23)13-14-22(24)26-20(12-10-8-2)16-18(5)6/h17-20H,7-8,13-16H2,1-6H3. The highest BCUT2D eigenvalue weighted by Crippen LogP contribution is 2.12. The fourth-order valence-electron chi connectivity index (χ4n) is 2.20. The highest BCUT2D eigenvalue weighted by atomic mass is 16.5. The highest BCUT2D eigenvalue weighted by Gasteiger charge is 2.18. The number of rotatable bonds is 9. The molecule has 4 heteroatoms. The maximum Gasteiger partial charge on any atom is 0.307 e. The summed E-state index contributed by atoms with van der Waals surface area (Å²) >= 11 is 0. The Labute approximate surface area is 159 Å². The van der Waals surface area contributed by atoms with Crippen molar-refractivity contribution in [2.75, 3.05) is 0 Å². The van der Waals surface area contributed by atoms with Gasteiger partial charge >= 0.3 is 11.9 Å². The molecule has 0 saturated carbocycles. The Bertz CT molecular complexity index is 490. The molecular weight excluding hydrogens is 328 g/mol. The van der Waals surface area contributed by atoms with Gasteiger partial charge in [-0.3, -0.25) is 9.59 Å². The van der Waals surface area contributed by atoms with Crippen molar-refractivity contribution in [3.63, 3.8) is 0 Å². The van der Waals surface area contributed by atoms with Crippen LogP contribution in [0.15, 0.2) is 0 Å². The SMILES string of the molecule is CCC#CC(CC(C)C)OC(=O)CCC(=O)OC(C#CCC)CC(C)C. The van der Waals surface area contributed by atoms with Gasteiger partial charge in [0, 0.05) is 12.8 Å². The summed E-state index contributed by atoms with van der Waals surface area (Å²) in [5.41, 5.74) is 0. The zero-order valence-corrected chi connectivity index (χ0v) is 17.2. The summed E-state index contributed by atoms with van der Waals surface area (Å²) in [5, 5.41) is 0. The van der Waals surface area contributed by atoms with E-state index in [0.29, 0.717) is 37.5 Å². The summed E-state index contributed by atoms with van der Waals surface area (Å²) in [7, 11) is 0. The third-order valence-electron chi connectivity index (χ3n) is 3.33. The lowest BCUT2D eigenvalue weighted by Crippen LogP contribution is -2.22. The third kappa shape index (κ3) is 13.4. The monoisotopic (exact) mass is 362 g/mol. The van der Waals surface area contributed by atoms with E-state index >= 15 is 0 Å². The summed E-state index contributed by atoms with van der Waals surface area (Å²) < 4.78 is 10.8. The van der Waals surface area contributed by atoms with Crippen LogP contribution in [-0.4, -0.2) is 24.1 Å². The molecular formula is C22H34O4. The first-order valence-electron chi connectivity index (χ1n) is 9.64. The first kappa shape index (κ1) is 24.1. The van der Waals surface area contributed by atoms with E-state index in [1.165, 1.54) is 0 Å². The second kappa shape index (κ2) is 14.3. The van der Waals surface area contributed by atoms with Gasteiger partial charge in [-0.15, -0.1) is 0 Å². The minimum Gasteiger partial charge on any atom is -0.449 e. The number of hydrogen-bond acceptors (Lipinski definition) is 4. The fourth-order valence-corrected chi connectivity index (χ4v) is 2.20. The highest BCUT2D eigenvalue weighted by molar-refractivity contribution is 5.78. The molecule has 0 aromatic carbocycles. The van der Waals surface area contributed by atoms with E-state index in [9.17, 15) is 9.59 Å². The molecule has 26 heavy (non-hydrogen) atoms. The molecule has 2 unspecified atom stereocenters. The minimum atomic E-state index is -0.418. The molecule has 146 valence electrons. The van der Waals surface area contributed by atoms with Gasteiger partial charge < -0.3 is 9.47 Å². The number of carbonyl (C=O) groups is 2. The average molecular weight is 363 g/mol. The van der Waals surface area contributed by atoms with E-state index in [0.717, 1.165) is 0 Å². The second-order valence-electron chi connectivity index (χ2n) is 7.07. The summed E-state index contributed by atoms with van der Waals surface area (Å²) in [6.45, 7) is 12.1. The molecule has 0 heterocycles. The van der Waals surface area contributed by atoms with E-state index in [1.807, 2.05) is 13.8 Å². The van der Waals surface area contributed by atoms with E-state index in [4.69, 9.17) is 9.47 Å². The largest absolute Gasteiger partial charge is 0.449 e. The Morgan fingerprint density at radius 3 is 1.35 bits per heavy atom. The van der Waals surface area contributed by atoms with Crippen LogP contribution in [0.1, 0.15) is 80.1 Å². The molecule has 0 saturated heterocycles. The van der Waals surface area contributed by atoms with Crippen LogP contribution < -0.4 is 0 Å². The van der Waals surface area contributed by atoms with Crippen LogP contribution in [-0.2, 0) is 19.1 Å². The molecule has 0 N–H and O–H groups in total. The molecule has 0 aromatic rings. The van der Waals surface area contributed by atoms with Crippen LogP contribution in [0.4, 0.5) is 0 Å². The number of esters is 2. The van der Waals surface area contributed by atoms with Crippen LogP contribution >= 0.6 is 0 Å². The van der Waals surface area contributed by atoms with Gasteiger partial charge in [-0.2, -0.15) is 0 Å². The van der Waals surface area contributed by atoms with Gasteiger partial charge in [0.15, 0.2) is 12.2 Å². The third-order valence-corrected chi connectivity index (χ3v) is 3.33. The van der Waals surface area contributed by atoms with Crippen molar-refractivity contribution in [2.24, 2.45) is 11.8 Å². The summed E-state index contributed by atoms with van der Waals surface area (Å²) in [6.07, 6.45) is 1.97. The predicted octanol–water partition coefficient (Wildman–Crippen LogP) is 4.51. The zero-order valence-electron chi connectivity index (χ0n) is 17.2.